The molecule has 4 heteroatoms. The molecule has 2 aliphatic rings. The number of hydrogen-bond donors (Lipinski definition) is 1. The molecule has 2 atom stereocenters. The fourth-order valence-electron chi connectivity index (χ4n) is 3.18. The molecule has 4 nitrogen and oxygen atoms in total. The number of rotatable bonds is 2. The lowest BCUT2D eigenvalue weighted by molar-refractivity contribution is -0.136. The number of nitrogens with one attached hydrogen (secondary N) is 1. The first kappa shape index (κ1) is 13.8. The van der Waals surface area contributed by atoms with Crippen LogP contribution < -0.4 is 5.32 Å². The van der Waals surface area contributed by atoms with Crippen molar-refractivity contribution < 1.29 is 4.79 Å². The lowest BCUT2D eigenvalue weighted by Gasteiger charge is -2.39. The summed E-state index contributed by atoms with van der Waals surface area (Å²) in [6.45, 7) is 5.04. The SMILES string of the molecule is CC1CCCNC1C(=O)N1CCC(N(C)C)CC1. The molecule has 2 fully saturated rings. The Labute approximate surface area is 111 Å². The average molecular weight is 253 g/mol. The van der Waals surface area contributed by atoms with Gasteiger partial charge < -0.3 is 15.1 Å². The van der Waals surface area contributed by atoms with E-state index in [2.05, 4.69) is 36.1 Å². The molecule has 2 heterocycles. The van der Waals surface area contributed by atoms with Gasteiger partial charge in [0.25, 0.3) is 0 Å². The molecule has 0 spiro atoms. The van der Waals surface area contributed by atoms with Crippen molar-refractivity contribution in [2.45, 2.75) is 44.7 Å². The van der Waals surface area contributed by atoms with Crippen LogP contribution in [0, 0.1) is 5.92 Å². The summed E-state index contributed by atoms with van der Waals surface area (Å²) in [7, 11) is 4.26. The van der Waals surface area contributed by atoms with Gasteiger partial charge in [-0.05, 0) is 52.2 Å². The number of piperidine rings is 2. The maximum absolute atomic E-state index is 12.5. The summed E-state index contributed by atoms with van der Waals surface area (Å²) in [4.78, 5) is 16.8. The number of likely N-dealkylation sites (tertiary alicyclic amines) is 1. The molecule has 0 radical (unpaired) electrons. The van der Waals surface area contributed by atoms with Crippen LogP contribution in [0.5, 0.6) is 0 Å². The van der Waals surface area contributed by atoms with Crippen LogP contribution in [0.1, 0.15) is 32.6 Å². The molecule has 2 unspecified atom stereocenters. The minimum absolute atomic E-state index is 0.0645. The van der Waals surface area contributed by atoms with Crippen molar-refractivity contribution in [3.63, 3.8) is 0 Å². The molecule has 0 saturated carbocycles. The van der Waals surface area contributed by atoms with Crippen molar-refractivity contribution in [1.29, 1.82) is 0 Å². The van der Waals surface area contributed by atoms with Crippen LogP contribution in [-0.2, 0) is 4.79 Å². The highest BCUT2D eigenvalue weighted by Crippen LogP contribution is 2.20. The van der Waals surface area contributed by atoms with E-state index < -0.39 is 0 Å². The molecule has 104 valence electrons. The zero-order valence-corrected chi connectivity index (χ0v) is 12.0. The molecule has 18 heavy (non-hydrogen) atoms. The minimum atomic E-state index is 0.0645. The van der Waals surface area contributed by atoms with Crippen molar-refractivity contribution >= 4 is 5.91 Å². The Morgan fingerprint density at radius 3 is 2.44 bits per heavy atom. The second kappa shape index (κ2) is 6.02. The first-order chi connectivity index (χ1) is 8.59. The van der Waals surface area contributed by atoms with Gasteiger partial charge in [-0.3, -0.25) is 4.79 Å². The standard InChI is InChI=1S/C14H27N3O/c1-11-5-4-8-15-13(11)14(18)17-9-6-12(7-10-17)16(2)3/h11-13,15H,4-10H2,1-3H3. The van der Waals surface area contributed by atoms with E-state index in [9.17, 15) is 4.79 Å². The van der Waals surface area contributed by atoms with Crippen molar-refractivity contribution in [3.8, 4) is 0 Å². The van der Waals surface area contributed by atoms with Gasteiger partial charge >= 0.3 is 0 Å². The van der Waals surface area contributed by atoms with E-state index in [-0.39, 0.29) is 6.04 Å². The lowest BCUT2D eigenvalue weighted by Crippen LogP contribution is -2.55. The Balaban J connectivity index is 1.87. The summed E-state index contributed by atoms with van der Waals surface area (Å²) in [6.07, 6.45) is 4.60. The van der Waals surface area contributed by atoms with Crippen molar-refractivity contribution in [2.24, 2.45) is 5.92 Å². The molecule has 1 amide bonds. The fraction of sp³-hybridized carbons (Fsp3) is 0.929. The number of hydrogen-bond acceptors (Lipinski definition) is 3. The minimum Gasteiger partial charge on any atom is -0.341 e. The smallest absolute Gasteiger partial charge is 0.239 e. The predicted octanol–water partition coefficient (Wildman–Crippen LogP) is 0.927. The van der Waals surface area contributed by atoms with Crippen LogP contribution in [0.25, 0.3) is 0 Å². The van der Waals surface area contributed by atoms with Gasteiger partial charge in [-0.2, -0.15) is 0 Å². The van der Waals surface area contributed by atoms with E-state index in [1.54, 1.807) is 0 Å². The molecule has 2 rings (SSSR count). The summed E-state index contributed by atoms with van der Waals surface area (Å²) in [5.41, 5.74) is 0. The second-order valence-corrected chi connectivity index (χ2v) is 6.07. The molecular formula is C14H27N3O. The molecule has 1 N–H and O–H groups in total. The Bertz CT molecular complexity index is 285. The van der Waals surface area contributed by atoms with Gasteiger partial charge in [-0.25, -0.2) is 0 Å². The van der Waals surface area contributed by atoms with Crippen molar-refractivity contribution in [3.05, 3.63) is 0 Å². The summed E-state index contributed by atoms with van der Waals surface area (Å²) in [6, 6.07) is 0.709. The van der Waals surface area contributed by atoms with E-state index in [1.807, 2.05) is 0 Å². The molecular weight excluding hydrogens is 226 g/mol. The van der Waals surface area contributed by atoms with E-state index in [4.69, 9.17) is 0 Å². The number of nitrogens with zero attached hydrogens (tertiary/aromatic N) is 2. The van der Waals surface area contributed by atoms with Crippen LogP contribution in [0.2, 0.25) is 0 Å². The molecule has 0 aromatic carbocycles. The Kier molecular flexibility index (Phi) is 4.62. The maximum Gasteiger partial charge on any atom is 0.239 e. The normalized spacial score (nSPS) is 30.8. The van der Waals surface area contributed by atoms with Gasteiger partial charge in [0, 0.05) is 19.1 Å². The van der Waals surface area contributed by atoms with E-state index in [0.717, 1.165) is 32.5 Å². The monoisotopic (exact) mass is 253 g/mol. The van der Waals surface area contributed by atoms with Crippen molar-refractivity contribution in [1.82, 2.24) is 15.1 Å². The van der Waals surface area contributed by atoms with Crippen LogP contribution in [0.3, 0.4) is 0 Å². The Hall–Kier alpha value is -0.610. The highest BCUT2D eigenvalue weighted by Gasteiger charge is 2.32. The van der Waals surface area contributed by atoms with Gasteiger partial charge in [0.15, 0.2) is 0 Å². The Morgan fingerprint density at radius 1 is 1.22 bits per heavy atom. The molecule has 0 aromatic rings. The van der Waals surface area contributed by atoms with E-state index in [1.165, 1.54) is 12.8 Å². The third kappa shape index (κ3) is 3.04. The largest absolute Gasteiger partial charge is 0.341 e. The molecule has 0 aliphatic carbocycles. The average Bonchev–Trinajstić information content (AvgIpc) is 2.38. The summed E-state index contributed by atoms with van der Waals surface area (Å²) < 4.78 is 0. The molecule has 0 bridgehead atoms. The van der Waals surface area contributed by atoms with Gasteiger partial charge in [0.05, 0.1) is 6.04 Å². The highest BCUT2D eigenvalue weighted by molar-refractivity contribution is 5.82. The zero-order valence-electron chi connectivity index (χ0n) is 12.0. The van der Waals surface area contributed by atoms with Gasteiger partial charge in [-0.1, -0.05) is 6.92 Å². The number of carbonyl (C=O) groups is 1. The van der Waals surface area contributed by atoms with Gasteiger partial charge in [-0.15, -0.1) is 0 Å². The Morgan fingerprint density at radius 2 is 1.89 bits per heavy atom. The maximum atomic E-state index is 12.5. The van der Waals surface area contributed by atoms with Crippen LogP contribution in [0.4, 0.5) is 0 Å². The first-order valence-corrected chi connectivity index (χ1v) is 7.28. The van der Waals surface area contributed by atoms with Crippen LogP contribution >= 0.6 is 0 Å². The third-order valence-corrected chi connectivity index (χ3v) is 4.54. The van der Waals surface area contributed by atoms with Crippen LogP contribution in [-0.4, -0.2) is 61.5 Å². The summed E-state index contributed by atoms with van der Waals surface area (Å²) >= 11 is 0. The molecule has 0 aromatic heterocycles. The predicted molar refractivity (Wildman–Crippen MR) is 73.5 cm³/mol. The zero-order chi connectivity index (χ0) is 13.1. The summed E-state index contributed by atoms with van der Waals surface area (Å²) in [5.74, 6) is 0.817. The topological polar surface area (TPSA) is 35.6 Å². The molecule has 2 saturated heterocycles. The number of amides is 1. The highest BCUT2D eigenvalue weighted by atomic mass is 16.2. The second-order valence-electron chi connectivity index (χ2n) is 6.07. The summed E-state index contributed by atoms with van der Waals surface area (Å²) in [5, 5.41) is 3.40. The van der Waals surface area contributed by atoms with Crippen LogP contribution in [0.15, 0.2) is 0 Å². The lowest BCUT2D eigenvalue weighted by atomic mass is 9.91. The van der Waals surface area contributed by atoms with E-state index in [0.29, 0.717) is 17.9 Å². The fourth-order valence-corrected chi connectivity index (χ4v) is 3.18. The van der Waals surface area contributed by atoms with Gasteiger partial charge in [0.1, 0.15) is 0 Å². The quantitative estimate of drug-likeness (QED) is 0.795. The third-order valence-electron chi connectivity index (χ3n) is 4.54. The van der Waals surface area contributed by atoms with Crippen molar-refractivity contribution in [2.75, 3.05) is 33.7 Å². The van der Waals surface area contributed by atoms with E-state index >= 15 is 0 Å². The molecule has 2 aliphatic heterocycles. The number of carbonyl (C=O) groups excluding carboxylic acids is 1. The first-order valence-electron chi connectivity index (χ1n) is 7.28. The van der Waals surface area contributed by atoms with Gasteiger partial charge in [0.2, 0.25) is 5.91 Å².